The highest BCUT2D eigenvalue weighted by atomic mass is 15.0. The molecule has 1 heterocycles. The van der Waals surface area contributed by atoms with E-state index in [1.165, 1.54) is 0 Å². The molecule has 0 aliphatic carbocycles. The minimum atomic E-state index is 0.832. The number of hydrogen-bond donors (Lipinski definition) is 1. The molecule has 0 unspecified atom stereocenters. The van der Waals surface area contributed by atoms with Crippen LogP contribution in [-0.2, 0) is 0 Å². The van der Waals surface area contributed by atoms with Gasteiger partial charge in [-0.05, 0) is 6.92 Å². The van der Waals surface area contributed by atoms with Gasteiger partial charge in [-0.2, -0.15) is 0 Å². The minimum absolute atomic E-state index is 0.832. The Labute approximate surface area is 54.9 Å². The van der Waals surface area contributed by atoms with E-state index in [0.29, 0.717) is 0 Å². The van der Waals surface area contributed by atoms with Crippen molar-refractivity contribution in [1.82, 2.24) is 5.32 Å². The van der Waals surface area contributed by atoms with Crippen LogP contribution in [0.3, 0.4) is 0 Å². The van der Waals surface area contributed by atoms with Crippen LogP contribution in [0.1, 0.15) is 6.92 Å². The molecule has 50 valence electrons. The van der Waals surface area contributed by atoms with Crippen LogP contribution in [0.25, 0.3) is 0 Å². The van der Waals surface area contributed by atoms with Crippen LogP contribution in [0.5, 0.6) is 0 Å². The summed E-state index contributed by atoms with van der Waals surface area (Å²) in [6.45, 7) is 4.64. The quantitative estimate of drug-likeness (QED) is 0.529. The molecule has 1 aliphatic rings. The standard InChI is InChI=1S/C6H11N3/c1-2-8-6-5-7-3-4-9-6/h5H,2-4H2,1H3,(H,8,9). The summed E-state index contributed by atoms with van der Waals surface area (Å²) in [7, 11) is 0. The van der Waals surface area contributed by atoms with Gasteiger partial charge in [0.2, 0.25) is 0 Å². The highest BCUT2D eigenvalue weighted by Crippen LogP contribution is 1.81. The van der Waals surface area contributed by atoms with Gasteiger partial charge in [-0.25, -0.2) is 0 Å². The highest BCUT2D eigenvalue weighted by Gasteiger charge is 1.94. The minimum Gasteiger partial charge on any atom is -0.369 e. The maximum absolute atomic E-state index is 4.18. The maximum Gasteiger partial charge on any atom is 0.139 e. The first-order chi connectivity index (χ1) is 4.43. The van der Waals surface area contributed by atoms with Crippen LogP contribution in [-0.4, -0.2) is 31.7 Å². The molecule has 9 heavy (non-hydrogen) atoms. The number of amidine groups is 1. The summed E-state index contributed by atoms with van der Waals surface area (Å²) < 4.78 is 0. The first kappa shape index (κ1) is 6.26. The van der Waals surface area contributed by atoms with Gasteiger partial charge in [-0.15, -0.1) is 0 Å². The predicted octanol–water partition coefficient (Wildman–Crippen LogP) is 0.0788. The molecule has 3 heteroatoms. The molecule has 0 aromatic rings. The summed E-state index contributed by atoms with van der Waals surface area (Å²) in [6, 6.07) is 0. The monoisotopic (exact) mass is 125 g/mol. The van der Waals surface area contributed by atoms with Gasteiger partial charge < -0.3 is 5.32 Å². The molecule has 0 spiro atoms. The van der Waals surface area contributed by atoms with Crippen molar-refractivity contribution in [3.8, 4) is 0 Å². The molecule has 0 bridgehead atoms. The smallest absolute Gasteiger partial charge is 0.139 e. The molecule has 0 fully saturated rings. The Morgan fingerprint density at radius 3 is 3.11 bits per heavy atom. The molecule has 0 aromatic carbocycles. The average molecular weight is 125 g/mol. The molecule has 0 saturated carbocycles. The molecular weight excluding hydrogens is 114 g/mol. The number of aliphatic imine (C=N–C) groups is 2. The van der Waals surface area contributed by atoms with Crippen LogP contribution < -0.4 is 5.32 Å². The van der Waals surface area contributed by atoms with Gasteiger partial charge in [0, 0.05) is 6.54 Å². The molecule has 0 aromatic heterocycles. The summed E-state index contributed by atoms with van der Waals surface area (Å²) in [4.78, 5) is 8.23. The third kappa shape index (κ3) is 1.83. The Hall–Kier alpha value is -0.860. The fourth-order valence-electron chi connectivity index (χ4n) is 0.703. The lowest BCUT2D eigenvalue weighted by Gasteiger charge is -2.04. The van der Waals surface area contributed by atoms with Gasteiger partial charge in [0.05, 0.1) is 19.3 Å². The number of rotatable bonds is 1. The SMILES string of the molecule is CCNC1=NCCN=C1. The zero-order valence-corrected chi connectivity index (χ0v) is 5.59. The zero-order valence-electron chi connectivity index (χ0n) is 5.59. The predicted molar refractivity (Wildman–Crippen MR) is 39.3 cm³/mol. The molecule has 0 saturated heterocycles. The molecule has 0 atom stereocenters. The lowest BCUT2D eigenvalue weighted by molar-refractivity contribution is 0.915. The van der Waals surface area contributed by atoms with Crippen molar-refractivity contribution in [2.45, 2.75) is 6.92 Å². The van der Waals surface area contributed by atoms with Crippen molar-refractivity contribution in [2.24, 2.45) is 9.98 Å². The largest absolute Gasteiger partial charge is 0.369 e. The molecular formula is C6H11N3. The lowest BCUT2D eigenvalue weighted by atomic mass is 10.5. The van der Waals surface area contributed by atoms with Crippen LogP contribution in [0.15, 0.2) is 9.98 Å². The Kier molecular flexibility index (Phi) is 2.24. The third-order valence-corrected chi connectivity index (χ3v) is 1.08. The maximum atomic E-state index is 4.18. The van der Waals surface area contributed by atoms with Crippen molar-refractivity contribution in [3.05, 3.63) is 0 Å². The van der Waals surface area contributed by atoms with Crippen LogP contribution in [0.4, 0.5) is 0 Å². The van der Waals surface area contributed by atoms with Gasteiger partial charge in [-0.1, -0.05) is 0 Å². The Morgan fingerprint density at radius 1 is 1.67 bits per heavy atom. The first-order valence-electron chi connectivity index (χ1n) is 3.21. The second kappa shape index (κ2) is 3.22. The van der Waals surface area contributed by atoms with E-state index in [4.69, 9.17) is 0 Å². The molecule has 1 aliphatic heterocycles. The van der Waals surface area contributed by atoms with Gasteiger partial charge in [0.25, 0.3) is 0 Å². The van der Waals surface area contributed by atoms with Crippen molar-refractivity contribution in [3.63, 3.8) is 0 Å². The summed E-state index contributed by atoms with van der Waals surface area (Å²) in [5.41, 5.74) is 0. The van der Waals surface area contributed by atoms with E-state index in [-0.39, 0.29) is 0 Å². The van der Waals surface area contributed by atoms with E-state index in [1.54, 1.807) is 6.21 Å². The summed E-state index contributed by atoms with van der Waals surface area (Å²) >= 11 is 0. The Balaban J connectivity index is 2.38. The van der Waals surface area contributed by atoms with Crippen LogP contribution in [0, 0.1) is 0 Å². The van der Waals surface area contributed by atoms with Crippen molar-refractivity contribution >= 4 is 12.1 Å². The average Bonchev–Trinajstić information content (AvgIpc) is 1.91. The van der Waals surface area contributed by atoms with Gasteiger partial charge in [-0.3, -0.25) is 9.98 Å². The van der Waals surface area contributed by atoms with Gasteiger partial charge >= 0.3 is 0 Å². The van der Waals surface area contributed by atoms with Crippen LogP contribution in [0.2, 0.25) is 0 Å². The molecule has 1 N–H and O–H groups in total. The van der Waals surface area contributed by atoms with E-state index in [1.807, 2.05) is 6.92 Å². The Morgan fingerprint density at radius 2 is 2.56 bits per heavy atom. The zero-order chi connectivity index (χ0) is 6.53. The van der Waals surface area contributed by atoms with E-state index in [9.17, 15) is 0 Å². The fourth-order valence-corrected chi connectivity index (χ4v) is 0.703. The van der Waals surface area contributed by atoms with Crippen molar-refractivity contribution in [1.29, 1.82) is 0 Å². The molecule has 1 rings (SSSR count). The number of hydrogen-bond acceptors (Lipinski definition) is 3. The molecule has 0 radical (unpaired) electrons. The van der Waals surface area contributed by atoms with E-state index in [2.05, 4.69) is 15.3 Å². The van der Waals surface area contributed by atoms with Gasteiger partial charge in [0.1, 0.15) is 5.84 Å². The summed E-state index contributed by atoms with van der Waals surface area (Å²) in [5, 5.41) is 3.09. The highest BCUT2D eigenvalue weighted by molar-refractivity contribution is 6.29. The van der Waals surface area contributed by atoms with E-state index < -0.39 is 0 Å². The second-order valence-corrected chi connectivity index (χ2v) is 1.83. The topological polar surface area (TPSA) is 36.8 Å². The third-order valence-electron chi connectivity index (χ3n) is 1.08. The second-order valence-electron chi connectivity index (χ2n) is 1.83. The first-order valence-corrected chi connectivity index (χ1v) is 3.21. The summed E-state index contributed by atoms with van der Waals surface area (Å²) in [5.74, 6) is 0.920. The number of nitrogens with zero attached hydrogens (tertiary/aromatic N) is 2. The normalized spacial score (nSPS) is 17.2. The van der Waals surface area contributed by atoms with Crippen molar-refractivity contribution in [2.75, 3.05) is 19.6 Å². The fraction of sp³-hybridized carbons (Fsp3) is 0.667. The summed E-state index contributed by atoms with van der Waals surface area (Å²) in [6.07, 6.45) is 1.78. The lowest BCUT2D eigenvalue weighted by Crippen LogP contribution is -2.26. The Bertz CT molecular complexity index is 137. The van der Waals surface area contributed by atoms with Gasteiger partial charge in [0.15, 0.2) is 0 Å². The van der Waals surface area contributed by atoms with E-state index >= 15 is 0 Å². The van der Waals surface area contributed by atoms with E-state index in [0.717, 1.165) is 25.5 Å². The molecule has 3 nitrogen and oxygen atoms in total. The van der Waals surface area contributed by atoms with Crippen LogP contribution >= 0.6 is 0 Å². The van der Waals surface area contributed by atoms with Crippen molar-refractivity contribution < 1.29 is 0 Å². The molecule has 0 amide bonds. The number of nitrogens with one attached hydrogen (secondary N) is 1.